The van der Waals surface area contributed by atoms with Gasteiger partial charge in [-0.15, -0.1) is 0 Å². The highest BCUT2D eigenvalue weighted by Crippen LogP contribution is 2.63. The molecule has 0 unspecified atom stereocenters. The fourth-order valence-electron chi connectivity index (χ4n) is 0.762. The molecule has 1 amide bonds. The van der Waals surface area contributed by atoms with Gasteiger partial charge in [0.25, 0.3) is 10.9 Å². The summed E-state index contributed by atoms with van der Waals surface area (Å²) in [7, 11) is 3.36. The Kier molecular flexibility index (Phi) is 7.14. The summed E-state index contributed by atoms with van der Waals surface area (Å²) in [6, 6.07) is 0. The smallest absolute Gasteiger partial charge is 0.290 e. The van der Waals surface area contributed by atoms with E-state index in [2.05, 4.69) is 0 Å². The molecule has 0 radical (unpaired) electrons. The summed E-state index contributed by atoms with van der Waals surface area (Å²) in [5.74, 6) is 0. The molecule has 0 atom stereocenters. The van der Waals surface area contributed by atoms with Crippen LogP contribution in [0.15, 0.2) is 0 Å². The third kappa shape index (κ3) is 6.86. The number of carbonyl (C=O) groups excluding carboxylic acids is 1. The van der Waals surface area contributed by atoms with Crippen LogP contribution in [0.3, 0.4) is 0 Å². The van der Waals surface area contributed by atoms with Gasteiger partial charge in [0.05, 0.1) is 12.2 Å². The van der Waals surface area contributed by atoms with Crippen molar-refractivity contribution in [2.24, 2.45) is 0 Å². The molecule has 0 aromatic rings. The van der Waals surface area contributed by atoms with Crippen LogP contribution in [0.1, 0.15) is 27.7 Å². The van der Waals surface area contributed by atoms with Crippen LogP contribution >= 0.6 is 17.1 Å². The van der Waals surface area contributed by atoms with E-state index in [4.69, 9.17) is 20.9 Å². The summed E-state index contributed by atoms with van der Waals surface area (Å²) in [5.41, 5.74) is -2.58. The van der Waals surface area contributed by atoms with Crippen LogP contribution in [-0.2, 0) is 20.9 Å². The van der Waals surface area contributed by atoms with E-state index in [0.717, 1.165) is 11.4 Å². The SMILES string of the molecule is CC(C)OP(=S)(OC(C)C)SC(=O)N(C)C. The number of rotatable bonds is 5. The molecule has 0 rings (SSSR count). The minimum Gasteiger partial charge on any atom is -0.339 e. The van der Waals surface area contributed by atoms with Crippen LogP contribution in [-0.4, -0.2) is 36.4 Å². The minimum absolute atomic E-state index is 0.0490. The molecule has 0 bridgehead atoms. The zero-order valence-corrected chi connectivity index (χ0v) is 13.1. The minimum atomic E-state index is -2.58. The first-order chi connectivity index (χ1) is 7.16. The standard InChI is InChI=1S/C9H20NO3PS2/c1-7(2)12-14(15,13-8(3)4)16-9(11)10(5)6/h7-8H,1-6H3. The second kappa shape index (κ2) is 6.97. The van der Waals surface area contributed by atoms with Gasteiger partial charge in [-0.05, 0) is 39.5 Å². The van der Waals surface area contributed by atoms with Gasteiger partial charge in [-0.25, -0.2) is 0 Å². The second-order valence-electron chi connectivity index (χ2n) is 4.01. The van der Waals surface area contributed by atoms with Crippen molar-refractivity contribution in [3.63, 3.8) is 0 Å². The van der Waals surface area contributed by atoms with Crippen LogP contribution in [0.2, 0.25) is 0 Å². The maximum absolute atomic E-state index is 11.6. The molecule has 0 saturated heterocycles. The van der Waals surface area contributed by atoms with E-state index in [0.29, 0.717) is 0 Å². The van der Waals surface area contributed by atoms with Gasteiger partial charge in [-0.1, -0.05) is 0 Å². The van der Waals surface area contributed by atoms with Gasteiger partial charge in [0.2, 0.25) is 0 Å². The van der Waals surface area contributed by atoms with Gasteiger partial charge >= 0.3 is 0 Å². The largest absolute Gasteiger partial charge is 0.339 e. The molecule has 16 heavy (non-hydrogen) atoms. The molecule has 96 valence electrons. The predicted molar refractivity (Wildman–Crippen MR) is 73.4 cm³/mol. The lowest BCUT2D eigenvalue weighted by Gasteiger charge is -2.25. The van der Waals surface area contributed by atoms with Crippen LogP contribution in [0.5, 0.6) is 0 Å². The molecular formula is C9H20NO3PS2. The molecule has 0 aliphatic heterocycles. The van der Waals surface area contributed by atoms with Crippen LogP contribution in [0.25, 0.3) is 0 Å². The van der Waals surface area contributed by atoms with Gasteiger partial charge in [0.15, 0.2) is 0 Å². The molecular weight excluding hydrogens is 265 g/mol. The highest BCUT2D eigenvalue weighted by Gasteiger charge is 2.28. The fraction of sp³-hybridized carbons (Fsp3) is 0.889. The van der Waals surface area contributed by atoms with Crippen molar-refractivity contribution >= 4 is 34.1 Å². The Morgan fingerprint density at radius 2 is 1.56 bits per heavy atom. The third-order valence-electron chi connectivity index (χ3n) is 1.23. The summed E-state index contributed by atoms with van der Waals surface area (Å²) >= 11 is 6.31. The van der Waals surface area contributed by atoms with Crippen molar-refractivity contribution < 1.29 is 13.8 Å². The molecule has 7 heteroatoms. The Bertz CT molecular complexity index is 268. The monoisotopic (exact) mass is 285 g/mol. The zero-order chi connectivity index (χ0) is 12.9. The van der Waals surface area contributed by atoms with Crippen molar-refractivity contribution in [1.29, 1.82) is 0 Å². The van der Waals surface area contributed by atoms with E-state index in [1.54, 1.807) is 14.1 Å². The molecule has 4 nitrogen and oxygen atoms in total. The summed E-state index contributed by atoms with van der Waals surface area (Å²) in [4.78, 5) is 13.1. The first-order valence-electron chi connectivity index (χ1n) is 5.04. The lowest BCUT2D eigenvalue weighted by molar-refractivity contribution is 0.186. The van der Waals surface area contributed by atoms with E-state index in [1.165, 1.54) is 4.90 Å². The lowest BCUT2D eigenvalue weighted by atomic mass is 10.5. The van der Waals surface area contributed by atoms with Crippen LogP contribution < -0.4 is 0 Å². The van der Waals surface area contributed by atoms with Crippen molar-refractivity contribution in [1.82, 2.24) is 4.90 Å². The van der Waals surface area contributed by atoms with Gasteiger partial charge in [-0.3, -0.25) is 4.79 Å². The number of carbonyl (C=O) groups is 1. The molecule has 0 aromatic heterocycles. The van der Waals surface area contributed by atoms with Crippen molar-refractivity contribution in [3.05, 3.63) is 0 Å². The molecule has 0 saturated carbocycles. The van der Waals surface area contributed by atoms with Crippen molar-refractivity contribution in [3.8, 4) is 0 Å². The fourth-order valence-corrected chi connectivity index (χ4v) is 6.25. The van der Waals surface area contributed by atoms with Crippen molar-refractivity contribution in [2.45, 2.75) is 39.9 Å². The average molecular weight is 285 g/mol. The van der Waals surface area contributed by atoms with Crippen LogP contribution in [0, 0.1) is 0 Å². The quantitative estimate of drug-likeness (QED) is 0.723. The molecule has 0 N–H and O–H groups in total. The summed E-state index contributed by atoms with van der Waals surface area (Å²) in [5, 5.41) is -0.135. The van der Waals surface area contributed by atoms with E-state index >= 15 is 0 Å². The van der Waals surface area contributed by atoms with E-state index in [1.807, 2.05) is 27.7 Å². The highest BCUT2D eigenvalue weighted by molar-refractivity contribution is 8.73. The van der Waals surface area contributed by atoms with Gasteiger partial charge in [0, 0.05) is 25.5 Å². The molecule has 0 aromatic carbocycles. The molecule has 0 spiro atoms. The highest BCUT2D eigenvalue weighted by atomic mass is 32.9. The Balaban J connectivity index is 4.66. The Hall–Kier alpha value is 0.390. The lowest BCUT2D eigenvalue weighted by Crippen LogP contribution is -2.17. The van der Waals surface area contributed by atoms with Gasteiger partial charge in [-0.2, -0.15) is 0 Å². The number of nitrogens with zero attached hydrogens (tertiary/aromatic N) is 1. The summed E-state index contributed by atoms with van der Waals surface area (Å²) in [6.07, 6.45) is -0.0981. The second-order valence-corrected chi connectivity index (χ2v) is 9.98. The molecule has 0 heterocycles. The average Bonchev–Trinajstić information content (AvgIpc) is 1.98. The first-order valence-corrected chi connectivity index (χ1v) is 9.10. The molecule has 0 fully saturated rings. The summed E-state index contributed by atoms with van der Waals surface area (Å²) in [6.45, 7) is 7.52. The van der Waals surface area contributed by atoms with Crippen molar-refractivity contribution in [2.75, 3.05) is 14.1 Å². The first kappa shape index (κ1) is 16.4. The Morgan fingerprint density at radius 3 is 1.81 bits per heavy atom. The third-order valence-corrected chi connectivity index (χ3v) is 6.18. The zero-order valence-electron chi connectivity index (χ0n) is 10.6. The Labute approximate surface area is 107 Å². The number of amides is 1. The maximum atomic E-state index is 11.6. The molecule has 0 aliphatic rings. The van der Waals surface area contributed by atoms with Gasteiger partial charge < -0.3 is 13.9 Å². The van der Waals surface area contributed by atoms with E-state index in [9.17, 15) is 4.79 Å². The van der Waals surface area contributed by atoms with E-state index < -0.39 is 5.69 Å². The summed E-state index contributed by atoms with van der Waals surface area (Å²) < 4.78 is 11.2. The predicted octanol–water partition coefficient (Wildman–Crippen LogP) is 3.48. The number of hydrogen-bond donors (Lipinski definition) is 0. The number of hydrogen-bond acceptors (Lipinski definition) is 5. The topological polar surface area (TPSA) is 38.8 Å². The normalized spacial score (nSPS) is 12.2. The maximum Gasteiger partial charge on any atom is 0.290 e. The van der Waals surface area contributed by atoms with Gasteiger partial charge in [0.1, 0.15) is 0 Å². The Morgan fingerprint density at radius 1 is 1.19 bits per heavy atom. The molecule has 0 aliphatic carbocycles. The van der Waals surface area contributed by atoms with Crippen LogP contribution in [0.4, 0.5) is 4.79 Å². The van der Waals surface area contributed by atoms with E-state index in [-0.39, 0.29) is 17.4 Å².